The van der Waals surface area contributed by atoms with E-state index < -0.39 is 23.0 Å². The van der Waals surface area contributed by atoms with Gasteiger partial charge in [0.25, 0.3) is 0 Å². The van der Waals surface area contributed by atoms with Crippen molar-refractivity contribution in [2.45, 2.75) is 35.9 Å². The lowest BCUT2D eigenvalue weighted by Gasteiger charge is -2.39. The third-order valence-corrected chi connectivity index (χ3v) is 15.1. The fraction of sp³-hybridized carbons (Fsp3) is 0.219. The number of fused-ring (bicyclic) bond motifs is 4. The molecule has 0 fully saturated rings. The summed E-state index contributed by atoms with van der Waals surface area (Å²) in [6.07, 6.45) is 1.04. The van der Waals surface area contributed by atoms with Gasteiger partial charge in [-0.15, -0.1) is 0 Å². The Morgan fingerprint density at radius 2 is 0.811 bits per heavy atom. The number of rotatable bonds is 16. The van der Waals surface area contributed by atoms with Crippen molar-refractivity contribution < 1.29 is 19.7 Å². The highest BCUT2D eigenvalue weighted by Crippen LogP contribution is 2.51. The first-order valence-electron chi connectivity index (χ1n) is 24.9. The summed E-state index contributed by atoms with van der Waals surface area (Å²) < 4.78 is 13.7. The van der Waals surface area contributed by atoms with Crippen LogP contribution in [0.3, 0.4) is 0 Å². The van der Waals surface area contributed by atoms with E-state index in [4.69, 9.17) is 19.4 Å². The normalized spacial score (nSPS) is 14.1. The smallest absolute Gasteiger partial charge is 0.217 e. The first-order valence-corrected chi connectivity index (χ1v) is 26.5. The molecule has 0 aliphatic rings. The van der Waals surface area contributed by atoms with E-state index in [1.807, 2.05) is 125 Å². The Kier molecular flexibility index (Phi) is 16.2. The number of benzene rings is 8. The van der Waals surface area contributed by atoms with E-state index in [0.717, 1.165) is 85.7 Å². The minimum Gasteiger partial charge on any atom is -0.481 e. The van der Waals surface area contributed by atoms with Gasteiger partial charge in [-0.1, -0.05) is 177 Å². The Morgan fingerprint density at radius 1 is 0.446 bits per heavy atom. The molecular weight excluding hydrogens is 1050 g/mol. The molecule has 0 aliphatic carbocycles. The SMILES string of the molecule is COc1nc2ccc(Br)cc2cc1[C@@H](c1ccccc1)[C@@](O)(CCN(C)C)c1cccc2ccccc12.COc1nc2ccc(Br)cc2cc1[C@H](c1ccccc1)[C@](O)(CCN(C)C)c1cccc2ccccc12. The van der Waals surface area contributed by atoms with Crippen LogP contribution < -0.4 is 9.47 Å². The van der Waals surface area contributed by atoms with Crippen molar-refractivity contribution in [1.82, 2.24) is 19.8 Å². The Hall–Kier alpha value is -6.50. The minimum absolute atomic E-state index is 0.426. The maximum absolute atomic E-state index is 13.0. The molecule has 0 spiro atoms. The van der Waals surface area contributed by atoms with Crippen molar-refractivity contribution in [2.24, 2.45) is 0 Å². The van der Waals surface area contributed by atoms with Crippen molar-refractivity contribution >= 4 is 75.2 Å². The molecule has 0 amide bonds. The van der Waals surface area contributed by atoms with Gasteiger partial charge in [0.1, 0.15) is 11.2 Å². The highest BCUT2D eigenvalue weighted by atomic mass is 79.9. The number of pyridine rings is 2. The highest BCUT2D eigenvalue weighted by molar-refractivity contribution is 9.10. The van der Waals surface area contributed by atoms with E-state index in [-0.39, 0.29) is 0 Å². The maximum Gasteiger partial charge on any atom is 0.217 e. The third kappa shape index (κ3) is 11.0. The molecule has 10 heteroatoms. The molecule has 2 heterocycles. The van der Waals surface area contributed by atoms with Crippen LogP contribution in [0.15, 0.2) is 203 Å². The van der Waals surface area contributed by atoms with Crippen LogP contribution in [0.4, 0.5) is 0 Å². The van der Waals surface area contributed by atoms with Crippen LogP contribution in [-0.4, -0.2) is 85.5 Å². The molecule has 2 N–H and O–H groups in total. The molecule has 4 atom stereocenters. The van der Waals surface area contributed by atoms with Gasteiger partial charge in [-0.05, 0) is 133 Å². The van der Waals surface area contributed by atoms with Crippen LogP contribution in [-0.2, 0) is 11.2 Å². The largest absolute Gasteiger partial charge is 0.481 e. The van der Waals surface area contributed by atoms with E-state index in [2.05, 4.69) is 139 Å². The first kappa shape index (κ1) is 52.4. The van der Waals surface area contributed by atoms with Crippen LogP contribution in [0.1, 0.15) is 58.1 Å². The van der Waals surface area contributed by atoms with Gasteiger partial charge < -0.3 is 29.5 Å². The molecule has 0 aliphatic heterocycles. The van der Waals surface area contributed by atoms with Crippen LogP contribution in [0.25, 0.3) is 43.4 Å². The highest BCUT2D eigenvalue weighted by Gasteiger charge is 2.45. The van der Waals surface area contributed by atoms with Crippen LogP contribution >= 0.6 is 31.9 Å². The molecule has 10 rings (SSSR count). The van der Waals surface area contributed by atoms with Crippen molar-refractivity contribution in [2.75, 3.05) is 55.5 Å². The topological polar surface area (TPSA) is 91.2 Å². The summed E-state index contributed by atoms with van der Waals surface area (Å²) >= 11 is 7.21. The number of ether oxygens (including phenoxy) is 2. The average Bonchev–Trinajstić information content (AvgIpc) is 3.42. The van der Waals surface area contributed by atoms with E-state index in [9.17, 15) is 10.2 Å². The second kappa shape index (κ2) is 22.9. The maximum atomic E-state index is 13.0. The molecule has 0 saturated carbocycles. The summed E-state index contributed by atoms with van der Waals surface area (Å²) in [6, 6.07) is 65.6. The molecule has 8 aromatic carbocycles. The van der Waals surface area contributed by atoms with E-state index >= 15 is 0 Å². The van der Waals surface area contributed by atoms with Crippen LogP contribution in [0.5, 0.6) is 11.8 Å². The Morgan fingerprint density at radius 3 is 1.19 bits per heavy atom. The summed E-state index contributed by atoms with van der Waals surface area (Å²) in [5.74, 6) is 0.190. The van der Waals surface area contributed by atoms with Crippen molar-refractivity contribution in [3.8, 4) is 11.8 Å². The summed E-state index contributed by atoms with van der Waals surface area (Å²) in [6.45, 7) is 1.41. The molecule has 8 nitrogen and oxygen atoms in total. The molecular formula is C64H62Br2N4O4. The molecule has 376 valence electrons. The minimum atomic E-state index is -1.25. The number of aliphatic hydroxyl groups is 2. The van der Waals surface area contributed by atoms with Crippen molar-refractivity contribution in [3.05, 3.63) is 236 Å². The number of methoxy groups -OCH3 is 2. The predicted molar refractivity (Wildman–Crippen MR) is 311 cm³/mol. The molecule has 0 bridgehead atoms. The lowest BCUT2D eigenvalue weighted by Crippen LogP contribution is -2.38. The molecule has 10 aromatic rings. The fourth-order valence-electron chi connectivity index (χ4n) is 10.6. The standard InChI is InChI=1S/2C32H31BrN2O2/c2*1-35(2)19-18-32(36,28-15-9-13-22-10-7-8-14-26(22)28)30(23-11-5-4-6-12-23)27-21-24-20-25(33)16-17-29(24)34-31(27)37-3/h2*4-17,20-21,30,36H,18-19H2,1-3H3/t2*30-,32-/m10/s1. The number of hydrogen-bond acceptors (Lipinski definition) is 8. The molecule has 2 aromatic heterocycles. The van der Waals surface area contributed by atoms with Gasteiger partial charge in [0.15, 0.2) is 0 Å². The van der Waals surface area contributed by atoms with Crippen molar-refractivity contribution in [1.29, 1.82) is 0 Å². The van der Waals surface area contributed by atoms with Crippen molar-refractivity contribution in [3.63, 3.8) is 0 Å². The summed E-state index contributed by atoms with van der Waals surface area (Å²) in [5, 5.41) is 32.3. The predicted octanol–water partition coefficient (Wildman–Crippen LogP) is 14.3. The van der Waals surface area contributed by atoms with Gasteiger partial charge in [0.2, 0.25) is 11.8 Å². The number of halogens is 2. The van der Waals surface area contributed by atoms with E-state index in [0.29, 0.717) is 37.7 Å². The Labute approximate surface area is 451 Å². The van der Waals surface area contributed by atoms with Gasteiger partial charge in [-0.25, -0.2) is 9.97 Å². The fourth-order valence-corrected chi connectivity index (χ4v) is 11.4. The Balaban J connectivity index is 0.000000182. The number of hydrogen-bond donors (Lipinski definition) is 2. The van der Waals surface area contributed by atoms with Gasteiger partial charge in [-0.2, -0.15) is 0 Å². The Bertz CT molecular complexity index is 3300. The van der Waals surface area contributed by atoms with Crippen LogP contribution in [0, 0.1) is 0 Å². The zero-order chi connectivity index (χ0) is 52.0. The zero-order valence-corrected chi connectivity index (χ0v) is 45.9. The molecule has 0 radical (unpaired) electrons. The van der Waals surface area contributed by atoms with Gasteiger partial charge in [0, 0.05) is 55.8 Å². The summed E-state index contributed by atoms with van der Waals surface area (Å²) in [5.41, 5.74) is 4.72. The second-order valence-electron chi connectivity index (χ2n) is 19.5. The monoisotopic (exact) mass is 1110 g/mol. The van der Waals surface area contributed by atoms with Gasteiger partial charge >= 0.3 is 0 Å². The van der Waals surface area contributed by atoms with Gasteiger partial charge in [-0.3, -0.25) is 0 Å². The summed E-state index contributed by atoms with van der Waals surface area (Å²) in [7, 11) is 11.5. The third-order valence-electron chi connectivity index (χ3n) is 14.2. The second-order valence-corrected chi connectivity index (χ2v) is 21.4. The quantitative estimate of drug-likeness (QED) is 0.0989. The average molecular weight is 1110 g/mol. The first-order chi connectivity index (χ1) is 35.8. The molecule has 0 saturated heterocycles. The molecule has 74 heavy (non-hydrogen) atoms. The lowest BCUT2D eigenvalue weighted by atomic mass is 9.70. The van der Waals surface area contributed by atoms with E-state index in [1.165, 1.54) is 0 Å². The number of nitrogens with zero attached hydrogens (tertiary/aromatic N) is 4. The van der Waals surface area contributed by atoms with Gasteiger partial charge in [0.05, 0.1) is 25.3 Å². The zero-order valence-electron chi connectivity index (χ0n) is 42.7. The summed E-state index contributed by atoms with van der Waals surface area (Å²) in [4.78, 5) is 14.0. The molecule has 0 unspecified atom stereocenters. The lowest BCUT2D eigenvalue weighted by molar-refractivity contribution is 0.00490. The van der Waals surface area contributed by atoms with Crippen LogP contribution in [0.2, 0.25) is 0 Å². The van der Waals surface area contributed by atoms with E-state index in [1.54, 1.807) is 14.2 Å². The number of aromatic nitrogens is 2.